The van der Waals surface area contributed by atoms with Crippen LogP contribution in [0.2, 0.25) is 0 Å². The average molecular weight is 459 g/mol. The van der Waals surface area contributed by atoms with Gasteiger partial charge in [-0.05, 0) is 104 Å². The Balaban J connectivity index is 1.17. The Hall–Kier alpha value is -2.59. The zero-order valence-corrected chi connectivity index (χ0v) is 20.3. The number of carbonyl (C=O) groups is 1. The molecule has 4 nitrogen and oxygen atoms in total. The van der Waals surface area contributed by atoms with Crippen molar-refractivity contribution in [3.05, 3.63) is 70.4 Å². The summed E-state index contributed by atoms with van der Waals surface area (Å²) in [7, 11) is 1.76. The predicted molar refractivity (Wildman–Crippen MR) is 132 cm³/mol. The molecule has 0 N–H and O–H groups in total. The molecule has 4 aliphatic carbocycles. The molecular weight excluding hydrogens is 424 g/mol. The lowest BCUT2D eigenvalue weighted by Crippen LogP contribution is -2.42. The molecular formula is C30H34O4. The highest BCUT2D eigenvalue weighted by Crippen LogP contribution is 2.57. The summed E-state index contributed by atoms with van der Waals surface area (Å²) < 4.78 is 16.4. The summed E-state index contributed by atoms with van der Waals surface area (Å²) in [6.07, 6.45) is 16.6. The second kappa shape index (κ2) is 8.57. The maximum absolute atomic E-state index is 13.9. The minimum Gasteiger partial charge on any atom is -0.454 e. The summed E-state index contributed by atoms with van der Waals surface area (Å²) in [6, 6.07) is 6.10. The van der Waals surface area contributed by atoms with E-state index < -0.39 is 0 Å². The van der Waals surface area contributed by atoms with Gasteiger partial charge in [0, 0.05) is 13.0 Å². The Bertz CT molecular complexity index is 1130. The Labute approximate surface area is 202 Å². The number of Topliss-reactive ketones (excluding diaryl/α,β-unsaturated/α-hetero) is 1. The van der Waals surface area contributed by atoms with Crippen LogP contribution in [0, 0.1) is 17.8 Å². The summed E-state index contributed by atoms with van der Waals surface area (Å²) in [4.78, 5) is 13.9. The van der Waals surface area contributed by atoms with Crippen LogP contribution in [0.1, 0.15) is 57.4 Å². The summed E-state index contributed by atoms with van der Waals surface area (Å²) in [5.41, 5.74) is 6.53. The summed E-state index contributed by atoms with van der Waals surface area (Å²) in [6.45, 7) is 3.23. The monoisotopic (exact) mass is 458 g/mol. The van der Waals surface area contributed by atoms with E-state index in [9.17, 15) is 4.79 Å². The fourth-order valence-electron chi connectivity index (χ4n) is 6.46. The SMILES string of the molecule is COCC1=CC=C(C2=C(C)C=CC(C3CCC3C(=O)C3(c4ccc5c(c4)OCO5)CC3)C2)CC1. The molecule has 34 heavy (non-hydrogen) atoms. The molecule has 2 fully saturated rings. The summed E-state index contributed by atoms with van der Waals surface area (Å²) in [5.74, 6) is 3.13. The molecule has 0 amide bonds. The number of ketones is 1. The van der Waals surface area contributed by atoms with E-state index in [1.807, 2.05) is 12.1 Å². The van der Waals surface area contributed by atoms with Crippen molar-refractivity contribution in [1.82, 2.24) is 0 Å². The first-order valence-electron chi connectivity index (χ1n) is 12.8. The first kappa shape index (κ1) is 21.9. The standard InChI is InChI=1S/C30H34O4/c1-19-3-6-22(15-26(19)21-7-4-20(5-8-21)17-32-2)24-10-11-25(24)29(31)30(13-14-30)23-9-12-27-28(16-23)34-18-33-27/h3-4,6-7,9,12,16,22,24-25H,5,8,10-11,13-15,17-18H2,1-2H3. The van der Waals surface area contributed by atoms with E-state index >= 15 is 0 Å². The molecule has 1 aromatic rings. The normalized spacial score (nSPS) is 28.8. The van der Waals surface area contributed by atoms with Crippen molar-refractivity contribution in [1.29, 1.82) is 0 Å². The van der Waals surface area contributed by atoms with Gasteiger partial charge in [-0.1, -0.05) is 30.4 Å². The first-order valence-corrected chi connectivity index (χ1v) is 12.8. The number of hydrogen-bond acceptors (Lipinski definition) is 4. The van der Waals surface area contributed by atoms with Crippen molar-refractivity contribution in [2.75, 3.05) is 20.5 Å². The van der Waals surface area contributed by atoms with Gasteiger partial charge in [-0.2, -0.15) is 0 Å². The molecule has 1 aliphatic heterocycles. The van der Waals surface area contributed by atoms with Crippen LogP contribution in [0.3, 0.4) is 0 Å². The van der Waals surface area contributed by atoms with Crippen LogP contribution >= 0.6 is 0 Å². The predicted octanol–water partition coefficient (Wildman–Crippen LogP) is 6.23. The van der Waals surface area contributed by atoms with Crippen molar-refractivity contribution in [3.63, 3.8) is 0 Å². The zero-order chi connectivity index (χ0) is 23.3. The van der Waals surface area contributed by atoms with E-state index in [-0.39, 0.29) is 18.1 Å². The van der Waals surface area contributed by atoms with Crippen molar-refractivity contribution < 1.29 is 19.0 Å². The molecule has 0 bridgehead atoms. The second-order valence-electron chi connectivity index (χ2n) is 10.7. The molecule has 178 valence electrons. The molecule has 5 aliphatic rings. The first-order chi connectivity index (χ1) is 16.6. The Morgan fingerprint density at radius 1 is 1.12 bits per heavy atom. The average Bonchev–Trinajstić information content (AvgIpc) is 3.51. The van der Waals surface area contributed by atoms with E-state index in [0.717, 1.165) is 68.6 Å². The molecule has 2 saturated carbocycles. The number of fused-ring (bicyclic) bond motifs is 1. The molecule has 0 radical (unpaired) electrons. The van der Waals surface area contributed by atoms with Gasteiger partial charge < -0.3 is 14.2 Å². The van der Waals surface area contributed by atoms with E-state index in [4.69, 9.17) is 14.2 Å². The number of ether oxygens (including phenoxy) is 3. The third-order valence-electron chi connectivity index (χ3n) is 8.82. The van der Waals surface area contributed by atoms with Crippen molar-refractivity contribution in [3.8, 4) is 11.5 Å². The highest BCUT2D eigenvalue weighted by Gasteiger charge is 2.56. The van der Waals surface area contributed by atoms with Crippen LogP contribution in [-0.2, 0) is 14.9 Å². The second-order valence-corrected chi connectivity index (χ2v) is 10.7. The number of hydrogen-bond donors (Lipinski definition) is 0. The molecule has 4 heteroatoms. The maximum Gasteiger partial charge on any atom is 0.231 e. The number of methoxy groups -OCH3 is 1. The Morgan fingerprint density at radius 2 is 1.97 bits per heavy atom. The van der Waals surface area contributed by atoms with Gasteiger partial charge >= 0.3 is 0 Å². The van der Waals surface area contributed by atoms with Crippen LogP contribution in [0.25, 0.3) is 0 Å². The van der Waals surface area contributed by atoms with Crippen LogP contribution in [0.15, 0.2) is 64.8 Å². The van der Waals surface area contributed by atoms with Gasteiger partial charge in [0.25, 0.3) is 0 Å². The van der Waals surface area contributed by atoms with E-state index in [1.165, 1.54) is 22.3 Å². The van der Waals surface area contributed by atoms with Gasteiger partial charge in [0.15, 0.2) is 11.5 Å². The van der Waals surface area contributed by atoms with E-state index in [2.05, 4.69) is 37.3 Å². The fourth-order valence-corrected chi connectivity index (χ4v) is 6.46. The van der Waals surface area contributed by atoms with Gasteiger partial charge in [-0.3, -0.25) is 4.79 Å². The number of allylic oxidation sites excluding steroid dienone is 7. The third-order valence-corrected chi connectivity index (χ3v) is 8.82. The minimum atomic E-state index is -0.300. The summed E-state index contributed by atoms with van der Waals surface area (Å²) >= 11 is 0. The Morgan fingerprint density at radius 3 is 2.68 bits per heavy atom. The van der Waals surface area contributed by atoms with Gasteiger partial charge in [0.2, 0.25) is 6.79 Å². The summed E-state index contributed by atoms with van der Waals surface area (Å²) in [5, 5.41) is 0. The van der Waals surface area contributed by atoms with Crippen LogP contribution in [0.5, 0.6) is 11.5 Å². The minimum absolute atomic E-state index is 0.177. The van der Waals surface area contributed by atoms with Gasteiger partial charge in [0.1, 0.15) is 5.78 Å². The third kappa shape index (κ3) is 3.67. The quantitative estimate of drug-likeness (QED) is 0.486. The highest BCUT2D eigenvalue weighted by molar-refractivity contribution is 5.95. The molecule has 0 saturated heterocycles. The van der Waals surface area contributed by atoms with E-state index in [0.29, 0.717) is 17.6 Å². The van der Waals surface area contributed by atoms with Gasteiger partial charge in [0.05, 0.1) is 12.0 Å². The molecule has 3 unspecified atom stereocenters. The number of carbonyl (C=O) groups excluding carboxylic acids is 1. The number of rotatable bonds is 7. The van der Waals surface area contributed by atoms with Crippen LogP contribution in [-0.4, -0.2) is 26.3 Å². The molecule has 6 rings (SSSR count). The van der Waals surface area contributed by atoms with Gasteiger partial charge in [-0.25, -0.2) is 0 Å². The van der Waals surface area contributed by atoms with E-state index in [1.54, 1.807) is 7.11 Å². The van der Waals surface area contributed by atoms with Crippen molar-refractivity contribution >= 4 is 5.78 Å². The smallest absolute Gasteiger partial charge is 0.231 e. The highest BCUT2D eigenvalue weighted by atomic mass is 16.7. The topological polar surface area (TPSA) is 44.8 Å². The molecule has 0 aromatic heterocycles. The lowest BCUT2D eigenvalue weighted by atomic mass is 9.60. The fraction of sp³-hybridized carbons (Fsp3) is 0.500. The van der Waals surface area contributed by atoms with Gasteiger partial charge in [-0.15, -0.1) is 0 Å². The van der Waals surface area contributed by atoms with Crippen molar-refractivity contribution in [2.45, 2.75) is 57.3 Å². The maximum atomic E-state index is 13.9. The lowest BCUT2D eigenvalue weighted by molar-refractivity contribution is -0.131. The van der Waals surface area contributed by atoms with Crippen LogP contribution in [0.4, 0.5) is 0 Å². The Kier molecular flexibility index (Phi) is 5.52. The molecule has 1 heterocycles. The largest absolute Gasteiger partial charge is 0.454 e. The zero-order valence-electron chi connectivity index (χ0n) is 20.3. The van der Waals surface area contributed by atoms with Crippen LogP contribution < -0.4 is 9.47 Å². The van der Waals surface area contributed by atoms with Crippen molar-refractivity contribution in [2.24, 2.45) is 17.8 Å². The molecule has 3 atom stereocenters. The number of benzene rings is 1. The molecule has 0 spiro atoms. The lowest BCUT2D eigenvalue weighted by Gasteiger charge is -2.43. The molecule has 1 aromatic carbocycles.